The fraction of sp³-hybridized carbons (Fsp3) is 0.250. The summed E-state index contributed by atoms with van der Waals surface area (Å²) in [5.41, 5.74) is 0.537. The molecule has 2 rings (SSSR count). The zero-order valence-electron chi connectivity index (χ0n) is 7.68. The van der Waals surface area contributed by atoms with E-state index in [1.807, 2.05) is 0 Å². The van der Waals surface area contributed by atoms with Crippen LogP contribution in [0.15, 0.2) is 11.4 Å². The number of thiophene rings is 1. The number of aromatic nitrogens is 2. The number of alkyl halides is 3. The van der Waals surface area contributed by atoms with Gasteiger partial charge in [0, 0.05) is 0 Å². The average molecular weight is 268 g/mol. The normalized spacial score (nSPS) is 12.0. The maximum Gasteiger partial charge on any atom is 0.405 e. The molecule has 0 unspecified atom stereocenters. The van der Waals surface area contributed by atoms with E-state index in [-0.39, 0.29) is 11.1 Å². The summed E-state index contributed by atoms with van der Waals surface area (Å²) in [6.45, 7) is -1.15. The molecule has 0 amide bonds. The van der Waals surface area contributed by atoms with Crippen molar-refractivity contribution in [2.75, 3.05) is 11.9 Å². The summed E-state index contributed by atoms with van der Waals surface area (Å²) in [7, 11) is 0. The summed E-state index contributed by atoms with van der Waals surface area (Å²) in [4.78, 5) is 7.61. The van der Waals surface area contributed by atoms with Crippen LogP contribution >= 0.6 is 22.9 Å². The lowest BCUT2D eigenvalue weighted by molar-refractivity contribution is -0.115. The Bertz CT molecular complexity index is 511. The molecule has 0 saturated carbocycles. The van der Waals surface area contributed by atoms with E-state index in [9.17, 15) is 13.2 Å². The molecule has 3 nitrogen and oxygen atoms in total. The lowest BCUT2D eigenvalue weighted by Gasteiger charge is -2.09. The van der Waals surface area contributed by atoms with Crippen LogP contribution in [0.4, 0.5) is 19.0 Å². The van der Waals surface area contributed by atoms with Gasteiger partial charge in [-0.2, -0.15) is 18.2 Å². The standard InChI is InChI=1S/C8H5ClF3N3S/c9-7-14-4-1-2-16-5(4)6(15-7)13-3-8(10,11)12/h1-2H,3H2,(H,13,14,15). The quantitative estimate of drug-likeness (QED) is 0.848. The number of hydrogen-bond donors (Lipinski definition) is 1. The first-order chi connectivity index (χ1) is 7.46. The van der Waals surface area contributed by atoms with Crippen LogP contribution in [0.1, 0.15) is 0 Å². The summed E-state index contributed by atoms with van der Waals surface area (Å²) >= 11 is 6.85. The Labute approximate surface area is 97.3 Å². The molecule has 0 fully saturated rings. The maximum absolute atomic E-state index is 12.0. The molecular weight excluding hydrogens is 263 g/mol. The SMILES string of the molecule is FC(F)(F)CNc1nc(Cl)nc2ccsc12. The van der Waals surface area contributed by atoms with Crippen LogP contribution in [0, 0.1) is 0 Å². The second kappa shape index (κ2) is 4.06. The molecule has 0 radical (unpaired) electrons. The monoisotopic (exact) mass is 267 g/mol. The molecule has 0 bridgehead atoms. The van der Waals surface area contributed by atoms with Crippen molar-refractivity contribution >= 4 is 39.0 Å². The van der Waals surface area contributed by atoms with Crippen molar-refractivity contribution in [1.82, 2.24) is 9.97 Å². The maximum atomic E-state index is 12.0. The van der Waals surface area contributed by atoms with Gasteiger partial charge in [0.1, 0.15) is 12.4 Å². The number of anilines is 1. The third-order valence-electron chi connectivity index (χ3n) is 1.73. The van der Waals surface area contributed by atoms with Crippen molar-refractivity contribution in [1.29, 1.82) is 0 Å². The fourth-order valence-corrected chi connectivity index (χ4v) is 2.11. The molecule has 0 aliphatic rings. The molecule has 2 aromatic rings. The lowest BCUT2D eigenvalue weighted by Crippen LogP contribution is -2.21. The van der Waals surface area contributed by atoms with Crippen LogP contribution in [0.3, 0.4) is 0 Å². The Kier molecular flexibility index (Phi) is 2.90. The Morgan fingerprint density at radius 1 is 1.38 bits per heavy atom. The number of fused-ring (bicyclic) bond motifs is 1. The van der Waals surface area contributed by atoms with Gasteiger partial charge in [-0.1, -0.05) is 0 Å². The third kappa shape index (κ3) is 2.53. The topological polar surface area (TPSA) is 37.8 Å². The summed E-state index contributed by atoms with van der Waals surface area (Å²) in [5.74, 6) is 0.113. The van der Waals surface area contributed by atoms with Gasteiger partial charge in [0.2, 0.25) is 5.28 Å². The van der Waals surface area contributed by atoms with Crippen LogP contribution in [-0.2, 0) is 0 Å². The molecule has 0 aliphatic heterocycles. The lowest BCUT2D eigenvalue weighted by atomic mass is 10.4. The minimum absolute atomic E-state index is 0.0735. The van der Waals surface area contributed by atoms with Gasteiger partial charge >= 0.3 is 6.18 Å². The van der Waals surface area contributed by atoms with E-state index < -0.39 is 12.7 Å². The van der Waals surface area contributed by atoms with E-state index >= 15 is 0 Å². The molecule has 2 aromatic heterocycles. The van der Waals surface area contributed by atoms with E-state index in [2.05, 4.69) is 15.3 Å². The second-order valence-corrected chi connectivity index (χ2v) is 4.20. The summed E-state index contributed by atoms with van der Waals surface area (Å²) < 4.78 is 36.7. The van der Waals surface area contributed by atoms with Crippen LogP contribution in [0.2, 0.25) is 5.28 Å². The van der Waals surface area contributed by atoms with Crippen LogP contribution in [-0.4, -0.2) is 22.7 Å². The van der Waals surface area contributed by atoms with Crippen molar-refractivity contribution in [3.8, 4) is 0 Å². The largest absolute Gasteiger partial charge is 0.405 e. The number of nitrogens with zero attached hydrogens (tertiary/aromatic N) is 2. The van der Waals surface area contributed by atoms with Crippen molar-refractivity contribution in [3.05, 3.63) is 16.7 Å². The Hall–Kier alpha value is -1.08. The molecule has 0 saturated heterocycles. The molecular formula is C8H5ClF3N3S. The van der Waals surface area contributed by atoms with Crippen molar-refractivity contribution in [2.45, 2.75) is 6.18 Å². The van der Waals surface area contributed by atoms with Gasteiger partial charge in [-0.15, -0.1) is 11.3 Å². The zero-order chi connectivity index (χ0) is 11.8. The van der Waals surface area contributed by atoms with E-state index in [0.29, 0.717) is 10.2 Å². The molecule has 8 heteroatoms. The van der Waals surface area contributed by atoms with E-state index in [1.165, 1.54) is 11.3 Å². The van der Waals surface area contributed by atoms with Gasteiger partial charge < -0.3 is 5.32 Å². The molecule has 1 N–H and O–H groups in total. The summed E-state index contributed by atoms with van der Waals surface area (Å²) in [6.07, 6.45) is -4.29. The molecule has 0 aliphatic carbocycles. The molecule has 86 valence electrons. The highest BCUT2D eigenvalue weighted by atomic mass is 35.5. The molecule has 16 heavy (non-hydrogen) atoms. The highest BCUT2D eigenvalue weighted by molar-refractivity contribution is 7.17. The average Bonchev–Trinajstić information content (AvgIpc) is 2.60. The zero-order valence-corrected chi connectivity index (χ0v) is 9.25. The smallest absolute Gasteiger partial charge is 0.360 e. The predicted octanol–water partition coefficient (Wildman–Crippen LogP) is 3.32. The minimum Gasteiger partial charge on any atom is -0.360 e. The van der Waals surface area contributed by atoms with Crippen molar-refractivity contribution in [3.63, 3.8) is 0 Å². The Balaban J connectivity index is 2.32. The number of halogens is 4. The van der Waals surface area contributed by atoms with Crippen molar-refractivity contribution < 1.29 is 13.2 Å². The van der Waals surface area contributed by atoms with Gasteiger partial charge in [0.15, 0.2) is 0 Å². The number of nitrogens with one attached hydrogen (secondary N) is 1. The van der Waals surface area contributed by atoms with Crippen LogP contribution < -0.4 is 5.32 Å². The number of hydrogen-bond acceptors (Lipinski definition) is 4. The van der Waals surface area contributed by atoms with E-state index in [0.717, 1.165) is 0 Å². The van der Waals surface area contributed by atoms with E-state index in [4.69, 9.17) is 11.6 Å². The van der Waals surface area contributed by atoms with Crippen LogP contribution in [0.25, 0.3) is 10.2 Å². The molecule has 2 heterocycles. The number of rotatable bonds is 2. The highest BCUT2D eigenvalue weighted by Crippen LogP contribution is 2.28. The Morgan fingerprint density at radius 3 is 2.81 bits per heavy atom. The first kappa shape index (κ1) is 11.4. The first-order valence-electron chi connectivity index (χ1n) is 4.17. The second-order valence-electron chi connectivity index (χ2n) is 2.94. The highest BCUT2D eigenvalue weighted by Gasteiger charge is 2.27. The third-order valence-corrected chi connectivity index (χ3v) is 2.81. The summed E-state index contributed by atoms with van der Waals surface area (Å²) in [6, 6.07) is 1.67. The predicted molar refractivity (Wildman–Crippen MR) is 57.0 cm³/mol. The van der Waals surface area contributed by atoms with Gasteiger partial charge in [-0.05, 0) is 23.0 Å². The minimum atomic E-state index is -4.29. The molecule has 0 atom stereocenters. The Morgan fingerprint density at radius 2 is 2.12 bits per heavy atom. The summed E-state index contributed by atoms with van der Waals surface area (Å²) in [5, 5.41) is 3.85. The van der Waals surface area contributed by atoms with E-state index in [1.54, 1.807) is 11.4 Å². The molecule has 0 aromatic carbocycles. The van der Waals surface area contributed by atoms with Gasteiger partial charge in [0.05, 0.1) is 10.2 Å². The first-order valence-corrected chi connectivity index (χ1v) is 5.43. The van der Waals surface area contributed by atoms with Gasteiger partial charge in [-0.25, -0.2) is 4.98 Å². The molecule has 0 spiro atoms. The van der Waals surface area contributed by atoms with Gasteiger partial charge in [-0.3, -0.25) is 0 Å². The fourth-order valence-electron chi connectivity index (χ4n) is 1.14. The van der Waals surface area contributed by atoms with Crippen LogP contribution in [0.5, 0.6) is 0 Å². The van der Waals surface area contributed by atoms with Gasteiger partial charge in [0.25, 0.3) is 0 Å². The van der Waals surface area contributed by atoms with Crippen molar-refractivity contribution in [2.24, 2.45) is 0 Å².